The third-order valence-corrected chi connectivity index (χ3v) is 2.32. The molecule has 0 spiro atoms. The van der Waals surface area contributed by atoms with Gasteiger partial charge in [-0.2, -0.15) is 0 Å². The highest BCUT2D eigenvalue weighted by Crippen LogP contribution is 2.17. The molecule has 0 saturated carbocycles. The molecule has 1 aromatic carbocycles. The smallest absolute Gasteiger partial charge is 0.161 e. The molecule has 0 bridgehead atoms. The van der Waals surface area contributed by atoms with E-state index in [1.807, 2.05) is 36.4 Å². The second-order valence-electron chi connectivity index (χ2n) is 3.43. The first-order chi connectivity index (χ1) is 7.83. The van der Waals surface area contributed by atoms with Gasteiger partial charge in [-0.25, -0.2) is 15.8 Å². The van der Waals surface area contributed by atoms with Gasteiger partial charge in [0.25, 0.3) is 0 Å². The highest BCUT2D eigenvalue weighted by Gasteiger charge is 2.04. The first kappa shape index (κ1) is 10.6. The van der Waals surface area contributed by atoms with E-state index in [9.17, 15) is 0 Å². The Labute approximate surface area is 94.5 Å². The van der Waals surface area contributed by atoms with Gasteiger partial charge in [0.05, 0.1) is 0 Å². The number of anilines is 1. The highest BCUT2D eigenvalue weighted by molar-refractivity contribution is 5.57. The zero-order valence-corrected chi connectivity index (χ0v) is 9.14. The van der Waals surface area contributed by atoms with Crippen molar-refractivity contribution in [3.63, 3.8) is 0 Å². The first-order valence-corrected chi connectivity index (χ1v) is 5.23. The second-order valence-corrected chi connectivity index (χ2v) is 3.43. The number of hydrogen-bond acceptors (Lipinski definition) is 4. The minimum Gasteiger partial charge on any atom is -0.308 e. The fourth-order valence-corrected chi connectivity index (χ4v) is 1.47. The Hall–Kier alpha value is -1.94. The number of nitrogens with two attached hydrogens (primary N) is 1. The van der Waals surface area contributed by atoms with E-state index >= 15 is 0 Å². The second kappa shape index (κ2) is 4.72. The first-order valence-electron chi connectivity index (χ1n) is 5.23. The maximum Gasteiger partial charge on any atom is 0.161 e. The lowest BCUT2D eigenvalue weighted by Crippen LogP contribution is -2.10. The molecule has 0 aliphatic rings. The minimum absolute atomic E-state index is 0.644. The fraction of sp³-hybridized carbons (Fsp3) is 0.167. The van der Waals surface area contributed by atoms with Crippen molar-refractivity contribution in [3.8, 4) is 11.4 Å². The number of nitrogens with zero attached hydrogens (tertiary/aromatic N) is 2. The summed E-state index contributed by atoms with van der Waals surface area (Å²) in [7, 11) is 0. The van der Waals surface area contributed by atoms with Gasteiger partial charge in [-0.3, -0.25) is 0 Å². The molecule has 1 heterocycles. The summed E-state index contributed by atoms with van der Waals surface area (Å²) in [5, 5.41) is 0. The Morgan fingerprint density at radius 2 is 1.94 bits per heavy atom. The number of nitrogens with one attached hydrogen (secondary N) is 1. The van der Waals surface area contributed by atoms with Crippen LogP contribution in [0.15, 0.2) is 36.4 Å². The van der Waals surface area contributed by atoms with Crippen molar-refractivity contribution in [3.05, 3.63) is 42.1 Å². The molecule has 1 aromatic heterocycles. The predicted molar refractivity (Wildman–Crippen MR) is 64.7 cm³/mol. The van der Waals surface area contributed by atoms with Gasteiger partial charge in [0.1, 0.15) is 5.82 Å². The molecule has 0 amide bonds. The highest BCUT2D eigenvalue weighted by atomic mass is 15.3. The molecular formula is C12H14N4. The van der Waals surface area contributed by atoms with Crippen LogP contribution in [0.5, 0.6) is 0 Å². The van der Waals surface area contributed by atoms with Gasteiger partial charge in [0.2, 0.25) is 0 Å². The third kappa shape index (κ3) is 2.17. The zero-order chi connectivity index (χ0) is 11.4. The maximum atomic E-state index is 5.38. The average Bonchev–Trinajstić information content (AvgIpc) is 2.39. The lowest BCUT2D eigenvalue weighted by Gasteiger charge is -2.06. The van der Waals surface area contributed by atoms with E-state index in [1.165, 1.54) is 0 Å². The molecule has 2 aromatic rings. The quantitative estimate of drug-likeness (QED) is 0.606. The van der Waals surface area contributed by atoms with Crippen molar-refractivity contribution < 1.29 is 0 Å². The molecule has 3 N–H and O–H groups in total. The number of aryl methyl sites for hydroxylation is 1. The molecule has 4 heteroatoms. The largest absolute Gasteiger partial charge is 0.308 e. The van der Waals surface area contributed by atoms with Gasteiger partial charge in [-0.1, -0.05) is 37.3 Å². The zero-order valence-electron chi connectivity index (χ0n) is 9.14. The molecule has 0 fully saturated rings. The fourth-order valence-electron chi connectivity index (χ4n) is 1.47. The number of hydrogen-bond donors (Lipinski definition) is 2. The van der Waals surface area contributed by atoms with Crippen LogP contribution in [-0.2, 0) is 6.42 Å². The van der Waals surface area contributed by atoms with Gasteiger partial charge >= 0.3 is 0 Å². The van der Waals surface area contributed by atoms with Crippen molar-refractivity contribution >= 4 is 5.82 Å². The van der Waals surface area contributed by atoms with E-state index in [4.69, 9.17) is 5.84 Å². The number of aromatic nitrogens is 2. The van der Waals surface area contributed by atoms with E-state index in [0.717, 1.165) is 17.7 Å². The van der Waals surface area contributed by atoms with Crippen LogP contribution in [0.3, 0.4) is 0 Å². The topological polar surface area (TPSA) is 63.8 Å². The average molecular weight is 214 g/mol. The van der Waals surface area contributed by atoms with E-state index in [1.54, 1.807) is 0 Å². The Morgan fingerprint density at radius 3 is 2.56 bits per heavy atom. The summed E-state index contributed by atoms with van der Waals surface area (Å²) in [6.45, 7) is 2.05. The number of benzene rings is 1. The molecule has 0 aliphatic heterocycles. The number of hydrazine groups is 1. The van der Waals surface area contributed by atoms with Crippen molar-refractivity contribution in [2.45, 2.75) is 13.3 Å². The lowest BCUT2D eigenvalue weighted by molar-refractivity contribution is 1.00. The third-order valence-electron chi connectivity index (χ3n) is 2.32. The Bertz CT molecular complexity index is 445. The van der Waals surface area contributed by atoms with Crippen LogP contribution >= 0.6 is 0 Å². The summed E-state index contributed by atoms with van der Waals surface area (Å²) < 4.78 is 0. The molecule has 0 atom stereocenters. The summed E-state index contributed by atoms with van der Waals surface area (Å²) in [6, 6.07) is 11.7. The predicted octanol–water partition coefficient (Wildman–Crippen LogP) is 1.99. The molecule has 4 nitrogen and oxygen atoms in total. The van der Waals surface area contributed by atoms with Crippen molar-refractivity contribution in [2.75, 3.05) is 5.43 Å². The lowest BCUT2D eigenvalue weighted by atomic mass is 10.2. The standard InChI is InChI=1S/C12H14N4/c1-2-10-8-11(16-13)15-12(14-10)9-6-4-3-5-7-9/h3-8H,2,13H2,1H3,(H,14,15,16). The Morgan fingerprint density at radius 1 is 1.19 bits per heavy atom. The molecule has 0 unspecified atom stereocenters. The Kier molecular flexibility index (Phi) is 3.12. The van der Waals surface area contributed by atoms with Gasteiger partial charge in [-0.05, 0) is 6.42 Å². The molecule has 2 rings (SSSR count). The van der Waals surface area contributed by atoms with E-state index in [0.29, 0.717) is 11.6 Å². The molecule has 16 heavy (non-hydrogen) atoms. The number of nitrogen functional groups attached to an aromatic ring is 1. The van der Waals surface area contributed by atoms with Crippen LogP contribution in [0.25, 0.3) is 11.4 Å². The normalized spacial score (nSPS) is 10.1. The van der Waals surface area contributed by atoms with Crippen molar-refractivity contribution in [2.24, 2.45) is 5.84 Å². The summed E-state index contributed by atoms with van der Waals surface area (Å²) in [5.74, 6) is 6.73. The maximum absolute atomic E-state index is 5.38. The van der Waals surface area contributed by atoms with Crippen LogP contribution in [0, 0.1) is 0 Å². The molecule has 82 valence electrons. The van der Waals surface area contributed by atoms with Crippen LogP contribution in [-0.4, -0.2) is 9.97 Å². The van der Waals surface area contributed by atoms with Gasteiger partial charge < -0.3 is 5.43 Å². The minimum atomic E-state index is 0.644. The van der Waals surface area contributed by atoms with Gasteiger partial charge in [-0.15, -0.1) is 0 Å². The van der Waals surface area contributed by atoms with Crippen molar-refractivity contribution in [1.29, 1.82) is 0 Å². The monoisotopic (exact) mass is 214 g/mol. The summed E-state index contributed by atoms with van der Waals surface area (Å²) in [5.41, 5.74) is 4.53. The van der Waals surface area contributed by atoms with Gasteiger partial charge in [0.15, 0.2) is 5.82 Å². The van der Waals surface area contributed by atoms with Crippen LogP contribution in [0.2, 0.25) is 0 Å². The van der Waals surface area contributed by atoms with E-state index < -0.39 is 0 Å². The van der Waals surface area contributed by atoms with E-state index in [-0.39, 0.29) is 0 Å². The van der Waals surface area contributed by atoms with Crippen LogP contribution in [0.4, 0.5) is 5.82 Å². The Balaban J connectivity index is 2.48. The molecule has 0 aliphatic carbocycles. The summed E-state index contributed by atoms with van der Waals surface area (Å²) in [4.78, 5) is 8.79. The van der Waals surface area contributed by atoms with Crippen molar-refractivity contribution in [1.82, 2.24) is 9.97 Å². The molecule has 0 radical (unpaired) electrons. The summed E-state index contributed by atoms with van der Waals surface area (Å²) >= 11 is 0. The van der Waals surface area contributed by atoms with Crippen LogP contribution < -0.4 is 11.3 Å². The SMILES string of the molecule is CCc1cc(NN)nc(-c2ccccc2)n1. The van der Waals surface area contributed by atoms with Gasteiger partial charge in [0, 0.05) is 17.3 Å². The molecule has 0 saturated heterocycles. The molecular weight excluding hydrogens is 200 g/mol. The number of rotatable bonds is 3. The van der Waals surface area contributed by atoms with Crippen LogP contribution in [0.1, 0.15) is 12.6 Å². The van der Waals surface area contributed by atoms with E-state index in [2.05, 4.69) is 22.3 Å². The summed E-state index contributed by atoms with van der Waals surface area (Å²) in [6.07, 6.45) is 0.858.